The summed E-state index contributed by atoms with van der Waals surface area (Å²) in [6.07, 6.45) is 3.49. The summed E-state index contributed by atoms with van der Waals surface area (Å²) in [7, 11) is 1.60. The lowest BCUT2D eigenvalue weighted by Gasteiger charge is -2.19. The zero-order valence-electron chi connectivity index (χ0n) is 19.6. The molecule has 0 aliphatic carbocycles. The summed E-state index contributed by atoms with van der Waals surface area (Å²) in [6.45, 7) is 8.18. The van der Waals surface area contributed by atoms with E-state index in [2.05, 4.69) is 30.8 Å². The standard InChI is InChI=1S/C23H30N6O4/c1-15-13-26-20(14-25-15)27-19-12-16(28-29-19)21-17(31-5)8-6-9-18(21)32-11-7-10-24-22(30)33-23(2,3)4/h6,8-9,12-14H,7,10-11H2,1-5H3,(H,24,30)(H2,26,27,28,29). The maximum atomic E-state index is 11.7. The molecule has 2 aromatic heterocycles. The monoisotopic (exact) mass is 454 g/mol. The molecule has 3 aromatic rings. The first kappa shape index (κ1) is 23.8. The van der Waals surface area contributed by atoms with Crippen molar-refractivity contribution in [3.8, 4) is 22.8 Å². The van der Waals surface area contributed by atoms with Crippen LogP contribution >= 0.6 is 0 Å². The van der Waals surface area contributed by atoms with Gasteiger partial charge in [0.1, 0.15) is 22.9 Å². The van der Waals surface area contributed by atoms with E-state index in [4.69, 9.17) is 14.2 Å². The molecule has 10 heteroatoms. The number of nitrogens with zero attached hydrogens (tertiary/aromatic N) is 3. The van der Waals surface area contributed by atoms with Gasteiger partial charge in [-0.1, -0.05) is 6.07 Å². The lowest BCUT2D eigenvalue weighted by atomic mass is 10.1. The number of hydrogen-bond acceptors (Lipinski definition) is 8. The third-order valence-corrected chi connectivity index (χ3v) is 4.34. The number of rotatable bonds is 9. The van der Waals surface area contributed by atoms with Crippen molar-refractivity contribution >= 4 is 17.7 Å². The molecule has 2 heterocycles. The van der Waals surface area contributed by atoms with Gasteiger partial charge >= 0.3 is 6.09 Å². The maximum Gasteiger partial charge on any atom is 0.407 e. The smallest absolute Gasteiger partial charge is 0.407 e. The van der Waals surface area contributed by atoms with Crippen molar-refractivity contribution < 1.29 is 19.0 Å². The quantitative estimate of drug-likeness (QED) is 0.411. The number of H-pyrrole nitrogens is 1. The highest BCUT2D eigenvalue weighted by Gasteiger charge is 2.17. The number of ether oxygens (including phenoxy) is 3. The van der Waals surface area contributed by atoms with Gasteiger partial charge < -0.3 is 24.8 Å². The van der Waals surface area contributed by atoms with Crippen molar-refractivity contribution in [2.75, 3.05) is 25.6 Å². The Bertz CT molecular complexity index is 1060. The SMILES string of the molecule is COc1cccc(OCCCNC(=O)OC(C)(C)C)c1-c1cc(Nc2cnc(C)cn2)n[nH]1. The first-order chi connectivity index (χ1) is 15.7. The van der Waals surface area contributed by atoms with Crippen LogP contribution in [0.1, 0.15) is 32.9 Å². The van der Waals surface area contributed by atoms with Gasteiger partial charge in [-0.15, -0.1) is 0 Å². The molecule has 0 radical (unpaired) electrons. The van der Waals surface area contributed by atoms with Crippen LogP contribution in [0.5, 0.6) is 11.5 Å². The van der Waals surface area contributed by atoms with Crippen LogP contribution in [-0.2, 0) is 4.74 Å². The van der Waals surface area contributed by atoms with E-state index >= 15 is 0 Å². The van der Waals surface area contributed by atoms with Crippen molar-refractivity contribution in [3.05, 3.63) is 42.4 Å². The van der Waals surface area contributed by atoms with Crippen LogP contribution in [0.2, 0.25) is 0 Å². The van der Waals surface area contributed by atoms with Crippen LogP contribution in [0.15, 0.2) is 36.7 Å². The Morgan fingerprint density at radius 2 is 1.91 bits per heavy atom. The van der Waals surface area contributed by atoms with E-state index in [0.29, 0.717) is 42.7 Å². The summed E-state index contributed by atoms with van der Waals surface area (Å²) in [5.41, 5.74) is 1.77. The van der Waals surface area contributed by atoms with Crippen LogP contribution in [0.4, 0.5) is 16.4 Å². The minimum Gasteiger partial charge on any atom is -0.496 e. The lowest BCUT2D eigenvalue weighted by molar-refractivity contribution is 0.0525. The predicted molar refractivity (Wildman–Crippen MR) is 125 cm³/mol. The molecule has 1 amide bonds. The number of carbonyl (C=O) groups is 1. The summed E-state index contributed by atoms with van der Waals surface area (Å²) in [5.74, 6) is 2.45. The summed E-state index contributed by atoms with van der Waals surface area (Å²) in [6, 6.07) is 7.41. The van der Waals surface area contributed by atoms with Gasteiger partial charge in [0.15, 0.2) is 5.82 Å². The molecule has 33 heavy (non-hydrogen) atoms. The van der Waals surface area contributed by atoms with E-state index in [1.54, 1.807) is 19.5 Å². The molecule has 0 aliphatic rings. The number of nitrogens with one attached hydrogen (secondary N) is 3. The number of hydrogen-bond donors (Lipinski definition) is 3. The van der Waals surface area contributed by atoms with Gasteiger partial charge in [0.05, 0.1) is 43.1 Å². The van der Waals surface area contributed by atoms with E-state index in [9.17, 15) is 4.79 Å². The fourth-order valence-corrected chi connectivity index (χ4v) is 2.93. The molecule has 1 aromatic carbocycles. The van der Waals surface area contributed by atoms with Gasteiger partial charge in [-0.05, 0) is 46.2 Å². The topological polar surface area (TPSA) is 123 Å². The molecule has 0 unspecified atom stereocenters. The predicted octanol–water partition coefficient (Wildman–Crippen LogP) is 4.22. The van der Waals surface area contributed by atoms with Crippen molar-refractivity contribution in [1.82, 2.24) is 25.5 Å². The van der Waals surface area contributed by atoms with Gasteiger partial charge in [-0.2, -0.15) is 5.10 Å². The van der Waals surface area contributed by atoms with Crippen molar-refractivity contribution in [2.45, 2.75) is 39.7 Å². The second-order valence-electron chi connectivity index (χ2n) is 8.30. The fraction of sp³-hybridized carbons (Fsp3) is 0.391. The molecule has 0 aliphatic heterocycles. The second kappa shape index (κ2) is 10.7. The van der Waals surface area contributed by atoms with Crippen LogP contribution in [0.25, 0.3) is 11.3 Å². The molecular weight excluding hydrogens is 424 g/mol. The van der Waals surface area contributed by atoms with Crippen molar-refractivity contribution in [2.24, 2.45) is 0 Å². The van der Waals surface area contributed by atoms with E-state index in [-0.39, 0.29) is 0 Å². The van der Waals surface area contributed by atoms with Crippen LogP contribution in [0, 0.1) is 6.92 Å². The first-order valence-corrected chi connectivity index (χ1v) is 10.6. The Hall–Kier alpha value is -3.82. The Morgan fingerprint density at radius 3 is 2.61 bits per heavy atom. The molecule has 10 nitrogen and oxygen atoms in total. The summed E-state index contributed by atoms with van der Waals surface area (Å²) in [5, 5.41) is 13.2. The molecule has 176 valence electrons. The molecule has 0 saturated heterocycles. The normalized spacial score (nSPS) is 11.1. The molecule has 0 bridgehead atoms. The number of carbonyl (C=O) groups excluding carboxylic acids is 1. The van der Waals surface area contributed by atoms with Gasteiger partial charge in [0, 0.05) is 12.6 Å². The molecule has 0 saturated carbocycles. The zero-order valence-corrected chi connectivity index (χ0v) is 19.6. The molecule has 0 atom stereocenters. The third kappa shape index (κ3) is 7.09. The largest absolute Gasteiger partial charge is 0.496 e. The molecule has 3 rings (SSSR count). The lowest BCUT2D eigenvalue weighted by Crippen LogP contribution is -2.33. The highest BCUT2D eigenvalue weighted by Crippen LogP contribution is 2.38. The number of anilines is 2. The molecular formula is C23H30N6O4. The van der Waals surface area contributed by atoms with Gasteiger partial charge in [-0.25, -0.2) is 9.78 Å². The Kier molecular flexibility index (Phi) is 7.70. The van der Waals surface area contributed by atoms with E-state index in [1.165, 1.54) is 0 Å². The highest BCUT2D eigenvalue weighted by molar-refractivity contribution is 5.76. The minimum absolute atomic E-state index is 0.397. The van der Waals surface area contributed by atoms with E-state index < -0.39 is 11.7 Å². The summed E-state index contributed by atoms with van der Waals surface area (Å²) < 4.78 is 16.8. The second-order valence-corrected chi connectivity index (χ2v) is 8.30. The zero-order chi connectivity index (χ0) is 23.8. The molecule has 0 fully saturated rings. The summed E-state index contributed by atoms with van der Waals surface area (Å²) in [4.78, 5) is 20.3. The number of aromatic nitrogens is 4. The third-order valence-electron chi connectivity index (χ3n) is 4.34. The van der Waals surface area contributed by atoms with Crippen LogP contribution < -0.4 is 20.1 Å². The maximum absolute atomic E-state index is 11.7. The van der Waals surface area contributed by atoms with Crippen molar-refractivity contribution in [1.29, 1.82) is 0 Å². The van der Waals surface area contributed by atoms with E-state index in [1.807, 2.05) is 52.0 Å². The Labute approximate surface area is 193 Å². The number of amides is 1. The number of alkyl carbamates (subject to hydrolysis) is 1. The number of methoxy groups -OCH3 is 1. The average Bonchev–Trinajstić information content (AvgIpc) is 3.21. The first-order valence-electron chi connectivity index (χ1n) is 10.6. The Balaban J connectivity index is 1.64. The summed E-state index contributed by atoms with van der Waals surface area (Å²) >= 11 is 0. The number of benzene rings is 1. The van der Waals surface area contributed by atoms with E-state index in [0.717, 1.165) is 17.0 Å². The minimum atomic E-state index is -0.528. The Morgan fingerprint density at radius 1 is 1.12 bits per heavy atom. The van der Waals surface area contributed by atoms with Crippen LogP contribution in [0.3, 0.4) is 0 Å². The highest BCUT2D eigenvalue weighted by atomic mass is 16.6. The number of aryl methyl sites for hydroxylation is 1. The van der Waals surface area contributed by atoms with Gasteiger partial charge in [-0.3, -0.25) is 10.1 Å². The molecule has 0 spiro atoms. The van der Waals surface area contributed by atoms with Crippen molar-refractivity contribution in [3.63, 3.8) is 0 Å². The van der Waals surface area contributed by atoms with Gasteiger partial charge in [0.2, 0.25) is 0 Å². The van der Waals surface area contributed by atoms with Gasteiger partial charge in [0.25, 0.3) is 0 Å². The fourth-order valence-electron chi connectivity index (χ4n) is 2.93. The molecule has 3 N–H and O–H groups in total. The average molecular weight is 455 g/mol. The van der Waals surface area contributed by atoms with Crippen LogP contribution in [-0.4, -0.2) is 52.1 Å². The number of aromatic amines is 1.